The number of fused-ring (bicyclic) bond motifs is 1. The topological polar surface area (TPSA) is 93.5 Å². The Hall–Kier alpha value is -3.13. The van der Waals surface area contributed by atoms with Gasteiger partial charge in [-0.3, -0.25) is 19.3 Å². The number of hydrogen-bond acceptors (Lipinski definition) is 6. The molecule has 0 bridgehead atoms. The summed E-state index contributed by atoms with van der Waals surface area (Å²) in [4.78, 5) is 36.2. The van der Waals surface area contributed by atoms with E-state index in [1.807, 2.05) is 18.2 Å². The SMILES string of the molecule is O=c1[nH]c2c(-c3ccccn3)nsc2c(=O)n1CCc1cccnc1. The molecule has 0 unspecified atom stereocenters. The van der Waals surface area contributed by atoms with Crippen LogP contribution in [-0.2, 0) is 13.0 Å². The average molecular weight is 351 g/mol. The van der Waals surface area contributed by atoms with Crippen molar-refractivity contribution in [3.8, 4) is 11.4 Å². The van der Waals surface area contributed by atoms with Crippen LogP contribution >= 0.6 is 11.5 Å². The van der Waals surface area contributed by atoms with Gasteiger partial charge in [0.15, 0.2) is 0 Å². The zero-order chi connectivity index (χ0) is 17.2. The van der Waals surface area contributed by atoms with Gasteiger partial charge in [0.05, 0.1) is 11.2 Å². The van der Waals surface area contributed by atoms with Crippen molar-refractivity contribution in [2.45, 2.75) is 13.0 Å². The Morgan fingerprint density at radius 3 is 2.80 bits per heavy atom. The Morgan fingerprint density at radius 2 is 2.04 bits per heavy atom. The molecule has 0 aromatic carbocycles. The quantitative estimate of drug-likeness (QED) is 0.605. The number of H-pyrrole nitrogens is 1. The van der Waals surface area contributed by atoms with E-state index in [0.717, 1.165) is 17.1 Å². The molecule has 0 saturated heterocycles. The van der Waals surface area contributed by atoms with Crippen LogP contribution in [0.4, 0.5) is 0 Å². The van der Waals surface area contributed by atoms with Gasteiger partial charge < -0.3 is 4.98 Å². The van der Waals surface area contributed by atoms with Gasteiger partial charge in [-0.15, -0.1) is 0 Å². The van der Waals surface area contributed by atoms with Gasteiger partial charge in [0.1, 0.15) is 10.4 Å². The van der Waals surface area contributed by atoms with Crippen LogP contribution < -0.4 is 11.2 Å². The first-order valence-corrected chi connectivity index (χ1v) is 8.44. The zero-order valence-electron chi connectivity index (χ0n) is 13.0. The Morgan fingerprint density at radius 1 is 1.12 bits per heavy atom. The molecule has 0 amide bonds. The maximum atomic E-state index is 12.7. The van der Waals surface area contributed by atoms with Gasteiger partial charge in [0.2, 0.25) is 0 Å². The van der Waals surface area contributed by atoms with Crippen molar-refractivity contribution in [2.75, 3.05) is 0 Å². The lowest BCUT2D eigenvalue weighted by atomic mass is 10.2. The molecule has 25 heavy (non-hydrogen) atoms. The summed E-state index contributed by atoms with van der Waals surface area (Å²) >= 11 is 1.07. The molecule has 0 fully saturated rings. The molecule has 124 valence electrons. The Labute approximate surface area is 145 Å². The summed E-state index contributed by atoms with van der Waals surface area (Å²) < 4.78 is 5.94. The zero-order valence-corrected chi connectivity index (χ0v) is 13.9. The predicted molar refractivity (Wildman–Crippen MR) is 95.7 cm³/mol. The highest BCUT2D eigenvalue weighted by Gasteiger charge is 2.16. The molecular weight excluding hydrogens is 338 g/mol. The van der Waals surface area contributed by atoms with Gasteiger partial charge in [-0.1, -0.05) is 12.1 Å². The Kier molecular flexibility index (Phi) is 3.95. The highest BCUT2D eigenvalue weighted by atomic mass is 32.1. The van der Waals surface area contributed by atoms with E-state index in [2.05, 4.69) is 19.3 Å². The average Bonchev–Trinajstić information content (AvgIpc) is 3.07. The molecule has 7 nitrogen and oxygen atoms in total. The van der Waals surface area contributed by atoms with E-state index in [0.29, 0.717) is 28.0 Å². The second-order valence-electron chi connectivity index (χ2n) is 5.45. The van der Waals surface area contributed by atoms with Crippen LogP contribution in [-0.4, -0.2) is 23.9 Å². The maximum Gasteiger partial charge on any atom is 0.328 e. The Bertz CT molecular complexity index is 1130. The molecular formula is C17H13N5O2S. The fraction of sp³-hybridized carbons (Fsp3) is 0.118. The molecule has 8 heteroatoms. The largest absolute Gasteiger partial charge is 0.328 e. The van der Waals surface area contributed by atoms with Gasteiger partial charge >= 0.3 is 5.69 Å². The number of nitrogens with one attached hydrogen (secondary N) is 1. The van der Waals surface area contributed by atoms with Crippen molar-refractivity contribution in [3.05, 3.63) is 75.3 Å². The second kappa shape index (κ2) is 6.40. The normalized spacial score (nSPS) is 11.0. The maximum absolute atomic E-state index is 12.7. The third-order valence-electron chi connectivity index (χ3n) is 3.86. The van der Waals surface area contributed by atoms with Crippen LogP contribution in [0.15, 0.2) is 58.5 Å². The van der Waals surface area contributed by atoms with Crippen molar-refractivity contribution < 1.29 is 0 Å². The molecule has 0 aliphatic heterocycles. The fourth-order valence-electron chi connectivity index (χ4n) is 2.61. The van der Waals surface area contributed by atoms with Gasteiger partial charge in [-0.2, -0.15) is 4.37 Å². The summed E-state index contributed by atoms with van der Waals surface area (Å²) in [5.74, 6) is 0. The summed E-state index contributed by atoms with van der Waals surface area (Å²) in [6, 6.07) is 9.16. The first-order chi connectivity index (χ1) is 12.2. The predicted octanol–water partition coefficient (Wildman–Crippen LogP) is 1.85. The number of aryl methyl sites for hydroxylation is 1. The van der Waals surface area contributed by atoms with Crippen molar-refractivity contribution >= 4 is 21.7 Å². The van der Waals surface area contributed by atoms with E-state index in [-0.39, 0.29) is 12.1 Å². The number of nitrogens with zero attached hydrogens (tertiary/aromatic N) is 4. The molecule has 0 aliphatic rings. The van der Waals surface area contributed by atoms with Gasteiger partial charge in [-0.25, -0.2) is 4.79 Å². The van der Waals surface area contributed by atoms with E-state index in [4.69, 9.17) is 0 Å². The van der Waals surface area contributed by atoms with Crippen LogP contribution in [0.5, 0.6) is 0 Å². The number of pyridine rings is 2. The lowest BCUT2D eigenvalue weighted by molar-refractivity contribution is 0.636. The number of aromatic nitrogens is 5. The smallest absolute Gasteiger partial charge is 0.304 e. The number of rotatable bonds is 4. The lowest BCUT2D eigenvalue weighted by Gasteiger charge is -2.05. The third-order valence-corrected chi connectivity index (χ3v) is 4.70. The standard InChI is InChI=1S/C17H13N5O2S/c23-16-15-14(13(21-25-15)12-5-1-2-8-19-12)20-17(24)22(16)9-6-11-4-3-7-18-10-11/h1-5,7-8,10H,6,9H2,(H,20,24). The molecule has 0 atom stereocenters. The van der Waals surface area contributed by atoms with Gasteiger partial charge in [-0.05, 0) is 41.7 Å². The van der Waals surface area contributed by atoms with Crippen LogP contribution in [0, 0.1) is 0 Å². The van der Waals surface area contributed by atoms with Crippen molar-refractivity contribution in [1.29, 1.82) is 0 Å². The molecule has 4 aromatic heterocycles. The molecule has 4 heterocycles. The third kappa shape index (κ3) is 2.87. The minimum absolute atomic E-state index is 0.284. The summed E-state index contributed by atoms with van der Waals surface area (Å²) in [5.41, 5.74) is 1.77. The van der Waals surface area contributed by atoms with Crippen molar-refractivity contribution in [3.63, 3.8) is 0 Å². The number of aromatic amines is 1. The molecule has 0 radical (unpaired) electrons. The lowest BCUT2D eigenvalue weighted by Crippen LogP contribution is -2.35. The summed E-state index contributed by atoms with van der Waals surface area (Å²) in [5, 5.41) is 0. The first-order valence-electron chi connectivity index (χ1n) is 7.67. The van der Waals surface area contributed by atoms with Crippen LogP contribution in [0.3, 0.4) is 0 Å². The minimum Gasteiger partial charge on any atom is -0.304 e. The van der Waals surface area contributed by atoms with Gasteiger partial charge in [0, 0.05) is 25.1 Å². The van der Waals surface area contributed by atoms with E-state index in [1.165, 1.54) is 4.57 Å². The van der Waals surface area contributed by atoms with Crippen LogP contribution in [0.2, 0.25) is 0 Å². The van der Waals surface area contributed by atoms with E-state index in [1.54, 1.807) is 30.7 Å². The summed E-state index contributed by atoms with van der Waals surface area (Å²) in [7, 11) is 0. The highest BCUT2D eigenvalue weighted by molar-refractivity contribution is 7.13. The molecule has 1 N–H and O–H groups in total. The first kappa shape index (κ1) is 15.4. The number of hydrogen-bond donors (Lipinski definition) is 1. The monoisotopic (exact) mass is 351 g/mol. The highest BCUT2D eigenvalue weighted by Crippen LogP contribution is 2.24. The van der Waals surface area contributed by atoms with Crippen molar-refractivity contribution in [2.24, 2.45) is 0 Å². The fourth-order valence-corrected chi connectivity index (χ4v) is 3.40. The molecule has 4 rings (SSSR count). The summed E-state index contributed by atoms with van der Waals surface area (Å²) in [6.45, 7) is 0.284. The molecule has 0 saturated carbocycles. The Balaban J connectivity index is 1.76. The second-order valence-corrected chi connectivity index (χ2v) is 6.22. The summed E-state index contributed by atoms with van der Waals surface area (Å²) in [6.07, 6.45) is 5.61. The van der Waals surface area contributed by atoms with E-state index >= 15 is 0 Å². The van der Waals surface area contributed by atoms with E-state index < -0.39 is 5.69 Å². The van der Waals surface area contributed by atoms with Gasteiger partial charge in [0.25, 0.3) is 5.56 Å². The molecule has 4 aromatic rings. The molecule has 0 aliphatic carbocycles. The van der Waals surface area contributed by atoms with Crippen LogP contribution in [0.25, 0.3) is 21.6 Å². The van der Waals surface area contributed by atoms with Crippen LogP contribution in [0.1, 0.15) is 5.56 Å². The molecule has 0 spiro atoms. The van der Waals surface area contributed by atoms with Crippen molar-refractivity contribution in [1.82, 2.24) is 23.9 Å². The van der Waals surface area contributed by atoms with E-state index in [9.17, 15) is 9.59 Å². The minimum atomic E-state index is -0.446.